The number of aliphatic hydroxyl groups is 4. The molecule has 0 saturated carbocycles. The van der Waals surface area contributed by atoms with Gasteiger partial charge < -0.3 is 46.3 Å². The summed E-state index contributed by atoms with van der Waals surface area (Å²) in [6.45, 7) is 3.42. The summed E-state index contributed by atoms with van der Waals surface area (Å²) in [6.07, 6.45) is -9.36. The Balaban J connectivity index is 1.32. The SMILES string of the molecule is C=NC(N)=Nc1c(C)ncn1[C@@H]1O[C@H](COP(=O)(O)O[C@@H]2[C@H](O)[C@@H](CO)O[C@H]2n2cnc3c(=O)[nH]c(N)nc32)[C@@H](O)[C@H]1O. The van der Waals surface area contributed by atoms with Gasteiger partial charge in [0.15, 0.2) is 29.4 Å². The molecule has 10 N–H and O–H groups in total. The lowest BCUT2D eigenvalue weighted by atomic mass is 10.1. The molecule has 0 aromatic carbocycles. The quantitative estimate of drug-likeness (QED) is 0.0662. The lowest BCUT2D eigenvalue weighted by Crippen LogP contribution is -2.36. The Labute approximate surface area is 240 Å². The maximum atomic E-state index is 13.0. The van der Waals surface area contributed by atoms with Crippen molar-refractivity contribution < 1.29 is 48.4 Å². The van der Waals surface area contributed by atoms with Crippen molar-refractivity contribution >= 4 is 43.4 Å². The number of rotatable bonds is 9. The Hall–Kier alpha value is -3.63. The number of aliphatic imine (C=N–C) groups is 2. The maximum absolute atomic E-state index is 13.0. The first-order valence-corrected chi connectivity index (χ1v) is 14.0. The number of nitrogen functional groups attached to an aromatic ring is 1. The van der Waals surface area contributed by atoms with E-state index in [4.69, 9.17) is 30.0 Å². The summed E-state index contributed by atoms with van der Waals surface area (Å²) < 4.78 is 37.0. The normalized spacial score (nSPS) is 31.1. The molecular weight excluding hydrogens is 599 g/mol. The third kappa shape index (κ3) is 5.82. The standard InChI is InChI=1S/C21H29N10O11P/c1-7-15(27-20(22)24-2)30(5-25-7)18-13(35)11(33)9(41-18)4-39-43(37,38)42-14-12(34)8(3-32)40-19(14)31-6-26-10-16(31)28-21(23)29-17(10)36/h5-6,8-9,11-14,18-19,32-35H,2-4H2,1H3,(H2,22,27)(H,37,38)(H3,23,28,29,36)/t8-,9-,11-,12-,13-,14-,18-,19-/m1/s1. The molecule has 5 heterocycles. The molecule has 0 aliphatic carbocycles. The molecule has 3 aromatic heterocycles. The first kappa shape index (κ1) is 30.8. The number of guanidine groups is 1. The van der Waals surface area contributed by atoms with Crippen LogP contribution in [-0.4, -0.2) is 117 Å². The zero-order valence-corrected chi connectivity index (χ0v) is 23.2. The van der Waals surface area contributed by atoms with Gasteiger partial charge in [-0.2, -0.15) is 9.98 Å². The highest BCUT2D eigenvalue weighted by atomic mass is 31.2. The smallest absolute Gasteiger partial charge is 0.394 e. The number of nitrogens with one attached hydrogen (secondary N) is 1. The minimum absolute atomic E-state index is 0.0918. The van der Waals surface area contributed by atoms with Crippen LogP contribution in [0.15, 0.2) is 27.4 Å². The molecule has 234 valence electrons. The largest absolute Gasteiger partial charge is 0.472 e. The van der Waals surface area contributed by atoms with Gasteiger partial charge >= 0.3 is 7.82 Å². The molecule has 0 radical (unpaired) electrons. The molecule has 22 heteroatoms. The van der Waals surface area contributed by atoms with E-state index in [0.29, 0.717) is 5.69 Å². The molecule has 5 rings (SSSR count). The molecular formula is C21H29N10O11P. The number of hydrogen-bond donors (Lipinski definition) is 8. The number of aliphatic hydroxyl groups excluding tert-OH is 4. The second-order valence-corrected chi connectivity index (χ2v) is 11.0. The molecule has 1 unspecified atom stereocenters. The van der Waals surface area contributed by atoms with E-state index < -0.39 is 75.7 Å². The number of aromatic amines is 1. The molecule has 2 fully saturated rings. The third-order valence-corrected chi connectivity index (χ3v) is 7.80. The average Bonchev–Trinajstić information content (AvgIpc) is 3.69. The van der Waals surface area contributed by atoms with Gasteiger partial charge in [-0.3, -0.25) is 28.0 Å². The first-order valence-electron chi connectivity index (χ1n) is 12.5. The minimum atomic E-state index is -5.07. The van der Waals surface area contributed by atoms with E-state index in [1.807, 2.05) is 0 Å². The van der Waals surface area contributed by atoms with E-state index in [1.165, 1.54) is 10.9 Å². The van der Waals surface area contributed by atoms with Crippen LogP contribution < -0.4 is 17.0 Å². The second-order valence-electron chi connectivity index (χ2n) is 9.58. The van der Waals surface area contributed by atoms with Crippen LogP contribution in [0.3, 0.4) is 0 Å². The van der Waals surface area contributed by atoms with Crippen LogP contribution >= 0.6 is 7.82 Å². The molecule has 2 aliphatic rings. The van der Waals surface area contributed by atoms with Gasteiger partial charge in [0.2, 0.25) is 11.9 Å². The number of phosphoric acid groups is 1. The Morgan fingerprint density at radius 1 is 1.16 bits per heavy atom. The topological polar surface area (TPSA) is 313 Å². The second kappa shape index (κ2) is 11.8. The van der Waals surface area contributed by atoms with Gasteiger partial charge in [0, 0.05) is 0 Å². The van der Waals surface area contributed by atoms with Crippen molar-refractivity contribution in [2.75, 3.05) is 18.9 Å². The summed E-state index contributed by atoms with van der Waals surface area (Å²) >= 11 is 0. The van der Waals surface area contributed by atoms with Gasteiger partial charge in [-0.25, -0.2) is 19.5 Å². The van der Waals surface area contributed by atoms with E-state index >= 15 is 0 Å². The number of nitrogens with zero attached hydrogens (tertiary/aromatic N) is 7. The zero-order chi connectivity index (χ0) is 31.2. The number of phosphoric ester groups is 1. The molecule has 2 aliphatic heterocycles. The number of H-pyrrole nitrogens is 1. The molecule has 0 spiro atoms. The molecule has 21 nitrogen and oxygen atoms in total. The van der Waals surface area contributed by atoms with E-state index in [-0.39, 0.29) is 28.9 Å². The van der Waals surface area contributed by atoms with E-state index in [1.54, 1.807) is 6.92 Å². The molecule has 2 saturated heterocycles. The number of aryl methyl sites for hydroxylation is 1. The van der Waals surface area contributed by atoms with Crippen molar-refractivity contribution in [1.29, 1.82) is 0 Å². The van der Waals surface area contributed by atoms with Crippen LogP contribution in [0.2, 0.25) is 0 Å². The highest BCUT2D eigenvalue weighted by Crippen LogP contribution is 2.50. The number of imidazole rings is 2. The Bertz CT molecular complexity index is 1640. The maximum Gasteiger partial charge on any atom is 0.472 e. The van der Waals surface area contributed by atoms with Gasteiger partial charge in [0.25, 0.3) is 5.56 Å². The van der Waals surface area contributed by atoms with Crippen molar-refractivity contribution in [3.63, 3.8) is 0 Å². The highest BCUT2D eigenvalue weighted by molar-refractivity contribution is 7.47. The summed E-state index contributed by atoms with van der Waals surface area (Å²) in [7, 11) is -5.07. The van der Waals surface area contributed by atoms with Gasteiger partial charge in [-0.15, -0.1) is 0 Å². The van der Waals surface area contributed by atoms with Crippen LogP contribution in [0.25, 0.3) is 11.2 Å². The molecule has 3 aromatic rings. The monoisotopic (exact) mass is 628 g/mol. The van der Waals surface area contributed by atoms with Crippen LogP contribution in [0.5, 0.6) is 0 Å². The van der Waals surface area contributed by atoms with Crippen molar-refractivity contribution in [1.82, 2.24) is 29.1 Å². The van der Waals surface area contributed by atoms with Gasteiger partial charge in [-0.1, -0.05) is 0 Å². The van der Waals surface area contributed by atoms with Crippen LogP contribution in [-0.2, 0) is 23.1 Å². The molecule has 0 bridgehead atoms. The number of aromatic nitrogens is 6. The van der Waals surface area contributed by atoms with Gasteiger partial charge in [0.1, 0.15) is 36.6 Å². The fourth-order valence-corrected chi connectivity index (χ4v) is 5.63. The van der Waals surface area contributed by atoms with Crippen molar-refractivity contribution in [2.45, 2.75) is 56.0 Å². The van der Waals surface area contributed by atoms with Crippen LogP contribution in [0.4, 0.5) is 11.8 Å². The minimum Gasteiger partial charge on any atom is -0.394 e. The number of fused-ring (bicyclic) bond motifs is 1. The third-order valence-electron chi connectivity index (χ3n) is 6.81. The lowest BCUT2D eigenvalue weighted by molar-refractivity contribution is -0.0620. The summed E-state index contributed by atoms with van der Waals surface area (Å²) in [4.78, 5) is 44.6. The molecule has 9 atom stereocenters. The van der Waals surface area contributed by atoms with Crippen molar-refractivity contribution in [3.05, 3.63) is 28.7 Å². The van der Waals surface area contributed by atoms with Crippen molar-refractivity contribution in [2.24, 2.45) is 15.7 Å². The highest BCUT2D eigenvalue weighted by Gasteiger charge is 2.50. The number of nitrogens with two attached hydrogens (primary N) is 2. The van der Waals surface area contributed by atoms with Gasteiger partial charge in [0.05, 0.1) is 31.6 Å². The first-order chi connectivity index (χ1) is 20.3. The van der Waals surface area contributed by atoms with Crippen LogP contribution in [0, 0.1) is 6.92 Å². The molecule has 0 amide bonds. The summed E-state index contributed by atoms with van der Waals surface area (Å²) in [5.41, 5.74) is 10.7. The van der Waals surface area contributed by atoms with E-state index in [0.717, 1.165) is 10.9 Å². The fourth-order valence-electron chi connectivity index (χ4n) is 4.70. The predicted molar refractivity (Wildman–Crippen MR) is 144 cm³/mol. The van der Waals surface area contributed by atoms with E-state index in [9.17, 15) is 34.7 Å². The summed E-state index contributed by atoms with van der Waals surface area (Å²) in [6, 6.07) is 0. The Kier molecular flexibility index (Phi) is 8.46. The molecule has 43 heavy (non-hydrogen) atoms. The number of hydrogen-bond acceptors (Lipinski definition) is 15. The number of anilines is 1. The Morgan fingerprint density at radius 2 is 1.86 bits per heavy atom. The average molecular weight is 628 g/mol. The number of ether oxygens (including phenoxy) is 2. The Morgan fingerprint density at radius 3 is 2.56 bits per heavy atom. The van der Waals surface area contributed by atoms with Crippen molar-refractivity contribution in [3.8, 4) is 0 Å². The zero-order valence-electron chi connectivity index (χ0n) is 22.3. The van der Waals surface area contributed by atoms with Crippen LogP contribution in [0.1, 0.15) is 18.1 Å². The van der Waals surface area contributed by atoms with Gasteiger partial charge in [-0.05, 0) is 13.6 Å². The summed E-state index contributed by atoms with van der Waals surface area (Å²) in [5.74, 6) is -0.291. The summed E-state index contributed by atoms with van der Waals surface area (Å²) in [5, 5.41) is 41.6. The van der Waals surface area contributed by atoms with E-state index in [2.05, 4.69) is 36.6 Å². The lowest BCUT2D eigenvalue weighted by Gasteiger charge is -2.24. The predicted octanol–water partition coefficient (Wildman–Crippen LogP) is -3.07. The fraction of sp³-hybridized carbons (Fsp3) is 0.524.